The molecule has 0 bridgehead atoms. The van der Waals surface area contributed by atoms with Gasteiger partial charge in [0.2, 0.25) is 5.89 Å². The summed E-state index contributed by atoms with van der Waals surface area (Å²) < 4.78 is 70.9. The number of benzene rings is 2. The van der Waals surface area contributed by atoms with E-state index in [1.165, 1.54) is 24.3 Å². The Bertz CT molecular complexity index is 1230. The number of carboxylic acid groups (broad SMARTS) is 1. The second kappa shape index (κ2) is 11.0. The van der Waals surface area contributed by atoms with Gasteiger partial charge in [0.25, 0.3) is 0 Å². The van der Waals surface area contributed by atoms with Gasteiger partial charge >= 0.3 is 18.4 Å². The highest BCUT2D eigenvalue weighted by Gasteiger charge is 2.31. The first kappa shape index (κ1) is 26.3. The number of methoxy groups -OCH3 is 1. The predicted octanol–water partition coefficient (Wildman–Crippen LogP) is 4.92. The molecule has 192 valence electrons. The first-order valence-corrected chi connectivity index (χ1v) is 10.2. The standard InChI is InChI=1S/C23H20F4N2O7/c1-13-19(28-21(35-13)14-3-5-16(6-4-14)36-23(25,26)27)12-34-17-7-8-18(24)15(9-17)10-29(11-20(30)31)22(32)33-2/h3-9H,10-12H2,1-2H3,(H,30,31). The van der Waals surface area contributed by atoms with E-state index in [2.05, 4.69) is 14.5 Å². The molecule has 0 aliphatic carbocycles. The number of nitrogens with zero attached hydrogens (tertiary/aromatic N) is 2. The van der Waals surface area contributed by atoms with Crippen LogP contribution in [0.15, 0.2) is 46.9 Å². The average molecular weight is 512 g/mol. The minimum absolute atomic E-state index is 0.00196. The molecule has 9 nitrogen and oxygen atoms in total. The molecule has 13 heteroatoms. The lowest BCUT2D eigenvalue weighted by molar-refractivity contribution is -0.274. The first-order chi connectivity index (χ1) is 16.9. The first-order valence-electron chi connectivity index (χ1n) is 10.2. The summed E-state index contributed by atoms with van der Waals surface area (Å²) in [7, 11) is 1.08. The van der Waals surface area contributed by atoms with E-state index in [1.54, 1.807) is 6.92 Å². The molecule has 0 aliphatic rings. The van der Waals surface area contributed by atoms with Crippen LogP contribution in [0.25, 0.3) is 11.5 Å². The number of carboxylic acids is 1. The zero-order valence-electron chi connectivity index (χ0n) is 19.0. The Morgan fingerprint density at radius 3 is 2.39 bits per heavy atom. The summed E-state index contributed by atoms with van der Waals surface area (Å²) in [6.45, 7) is 0.461. The van der Waals surface area contributed by atoms with Gasteiger partial charge in [-0.2, -0.15) is 0 Å². The van der Waals surface area contributed by atoms with Crippen LogP contribution in [0.1, 0.15) is 17.0 Å². The molecule has 3 rings (SSSR count). The van der Waals surface area contributed by atoms with Crippen molar-refractivity contribution in [1.82, 2.24) is 9.88 Å². The van der Waals surface area contributed by atoms with Gasteiger partial charge in [-0.15, -0.1) is 13.2 Å². The summed E-state index contributed by atoms with van der Waals surface area (Å²) >= 11 is 0. The topological polar surface area (TPSA) is 111 Å². The largest absolute Gasteiger partial charge is 0.573 e. The molecule has 1 N–H and O–H groups in total. The third-order valence-corrected chi connectivity index (χ3v) is 4.74. The number of hydrogen-bond acceptors (Lipinski definition) is 7. The molecule has 0 fully saturated rings. The summed E-state index contributed by atoms with van der Waals surface area (Å²) in [5.74, 6) is -1.62. The zero-order chi connectivity index (χ0) is 26.5. The van der Waals surface area contributed by atoms with Crippen molar-refractivity contribution in [2.45, 2.75) is 26.4 Å². The van der Waals surface area contributed by atoms with Crippen LogP contribution >= 0.6 is 0 Å². The van der Waals surface area contributed by atoms with E-state index in [0.29, 0.717) is 17.0 Å². The van der Waals surface area contributed by atoms with Crippen LogP contribution in [0, 0.1) is 12.7 Å². The van der Waals surface area contributed by atoms with E-state index in [1.807, 2.05) is 0 Å². The van der Waals surface area contributed by atoms with Gasteiger partial charge in [-0.3, -0.25) is 9.69 Å². The molecule has 36 heavy (non-hydrogen) atoms. The Morgan fingerprint density at radius 1 is 1.11 bits per heavy atom. The molecule has 0 aliphatic heterocycles. The molecule has 0 unspecified atom stereocenters. The molecule has 0 spiro atoms. The molecule has 0 saturated carbocycles. The predicted molar refractivity (Wildman–Crippen MR) is 115 cm³/mol. The molecular weight excluding hydrogens is 492 g/mol. The monoisotopic (exact) mass is 512 g/mol. The van der Waals surface area contributed by atoms with Crippen molar-refractivity contribution in [3.05, 3.63) is 65.3 Å². The van der Waals surface area contributed by atoms with Crippen LogP contribution in [0.3, 0.4) is 0 Å². The minimum atomic E-state index is -4.81. The van der Waals surface area contributed by atoms with Crippen LogP contribution in [-0.2, 0) is 22.7 Å². The summed E-state index contributed by atoms with van der Waals surface area (Å²) in [5, 5.41) is 8.97. The number of carbonyl (C=O) groups is 2. The summed E-state index contributed by atoms with van der Waals surface area (Å²) in [4.78, 5) is 27.9. The van der Waals surface area contributed by atoms with Crippen LogP contribution in [0.4, 0.5) is 22.4 Å². The Balaban J connectivity index is 1.70. The van der Waals surface area contributed by atoms with E-state index < -0.39 is 30.8 Å². The molecule has 0 radical (unpaired) electrons. The highest BCUT2D eigenvalue weighted by Crippen LogP contribution is 2.28. The summed E-state index contributed by atoms with van der Waals surface area (Å²) in [6.07, 6.45) is -5.74. The number of amides is 1. The maximum absolute atomic E-state index is 14.3. The van der Waals surface area contributed by atoms with Crippen LogP contribution in [0.5, 0.6) is 11.5 Å². The van der Waals surface area contributed by atoms with Crippen molar-refractivity contribution in [2.75, 3.05) is 13.7 Å². The Hall–Kier alpha value is -4.29. The Kier molecular flexibility index (Phi) is 8.02. The summed E-state index contributed by atoms with van der Waals surface area (Å²) in [5.41, 5.74) is 0.788. The molecule has 1 amide bonds. The molecule has 1 heterocycles. The Labute approximate surface area is 201 Å². The zero-order valence-corrected chi connectivity index (χ0v) is 19.0. The van der Waals surface area contributed by atoms with Crippen LogP contribution < -0.4 is 9.47 Å². The molecule has 2 aromatic carbocycles. The van der Waals surface area contributed by atoms with E-state index >= 15 is 0 Å². The summed E-state index contributed by atoms with van der Waals surface area (Å²) in [6, 6.07) is 8.71. The fourth-order valence-corrected chi connectivity index (χ4v) is 3.08. The number of hydrogen-bond donors (Lipinski definition) is 1. The van der Waals surface area contributed by atoms with Gasteiger partial charge in [-0.05, 0) is 49.4 Å². The number of alkyl halides is 3. The van der Waals surface area contributed by atoms with E-state index in [-0.39, 0.29) is 36.1 Å². The second-order valence-electron chi connectivity index (χ2n) is 7.36. The number of aromatic nitrogens is 1. The third-order valence-electron chi connectivity index (χ3n) is 4.74. The van der Waals surface area contributed by atoms with Gasteiger partial charge in [-0.1, -0.05) is 0 Å². The highest BCUT2D eigenvalue weighted by atomic mass is 19.4. The third kappa shape index (κ3) is 7.10. The molecule has 0 saturated heterocycles. The van der Waals surface area contributed by atoms with Crippen molar-refractivity contribution < 1.29 is 50.9 Å². The fraction of sp³-hybridized carbons (Fsp3) is 0.261. The van der Waals surface area contributed by atoms with Crippen molar-refractivity contribution in [3.8, 4) is 23.0 Å². The number of halogens is 4. The number of aliphatic carboxylic acids is 1. The minimum Gasteiger partial charge on any atom is -0.487 e. The van der Waals surface area contributed by atoms with Gasteiger partial charge in [-0.25, -0.2) is 14.2 Å². The Morgan fingerprint density at radius 2 is 1.78 bits per heavy atom. The number of aryl methyl sites for hydroxylation is 1. The molecule has 0 atom stereocenters. The van der Waals surface area contributed by atoms with Gasteiger partial charge in [0.1, 0.15) is 41.9 Å². The lowest BCUT2D eigenvalue weighted by Crippen LogP contribution is -2.35. The maximum Gasteiger partial charge on any atom is 0.573 e. The highest BCUT2D eigenvalue weighted by molar-refractivity contribution is 5.76. The van der Waals surface area contributed by atoms with Crippen LogP contribution in [-0.4, -0.2) is 47.1 Å². The lowest BCUT2D eigenvalue weighted by atomic mass is 10.2. The molecular formula is C23H20F4N2O7. The number of ether oxygens (including phenoxy) is 3. The normalized spacial score (nSPS) is 11.2. The van der Waals surface area contributed by atoms with Crippen LogP contribution in [0.2, 0.25) is 0 Å². The van der Waals surface area contributed by atoms with E-state index in [4.69, 9.17) is 14.3 Å². The van der Waals surface area contributed by atoms with E-state index in [0.717, 1.165) is 30.2 Å². The van der Waals surface area contributed by atoms with Crippen molar-refractivity contribution >= 4 is 12.1 Å². The van der Waals surface area contributed by atoms with Gasteiger partial charge < -0.3 is 23.7 Å². The van der Waals surface area contributed by atoms with Gasteiger partial charge in [0.05, 0.1) is 13.7 Å². The van der Waals surface area contributed by atoms with Crippen molar-refractivity contribution in [1.29, 1.82) is 0 Å². The molecule has 1 aromatic heterocycles. The average Bonchev–Trinajstić information content (AvgIpc) is 3.18. The smallest absolute Gasteiger partial charge is 0.487 e. The van der Waals surface area contributed by atoms with Gasteiger partial charge in [0, 0.05) is 11.1 Å². The quantitative estimate of drug-likeness (QED) is 0.402. The van der Waals surface area contributed by atoms with Crippen molar-refractivity contribution in [2.24, 2.45) is 0 Å². The molecule has 3 aromatic rings. The maximum atomic E-state index is 14.3. The van der Waals surface area contributed by atoms with E-state index in [9.17, 15) is 27.2 Å². The number of rotatable bonds is 9. The SMILES string of the molecule is COC(=O)N(CC(=O)O)Cc1cc(OCc2nc(-c3ccc(OC(F)(F)F)cc3)oc2C)ccc1F. The fourth-order valence-electron chi connectivity index (χ4n) is 3.08. The van der Waals surface area contributed by atoms with Gasteiger partial charge in [0.15, 0.2) is 0 Å². The second-order valence-corrected chi connectivity index (χ2v) is 7.36. The lowest BCUT2D eigenvalue weighted by Gasteiger charge is -2.19. The number of carbonyl (C=O) groups excluding carboxylic acids is 1. The number of oxazole rings is 1. The van der Waals surface area contributed by atoms with Crippen molar-refractivity contribution in [3.63, 3.8) is 0 Å².